The Labute approximate surface area is 259 Å². The van der Waals surface area contributed by atoms with E-state index in [9.17, 15) is 0 Å². The average Bonchev–Trinajstić information content (AvgIpc) is 3.67. The number of ether oxygens (including phenoxy) is 4. The summed E-state index contributed by atoms with van der Waals surface area (Å²) in [5, 5.41) is 0. The molecule has 2 rings (SSSR count). The molecule has 0 aromatic rings. The van der Waals surface area contributed by atoms with Crippen molar-refractivity contribution in [2.45, 2.75) is 36.3 Å². The Morgan fingerprint density at radius 1 is 0.538 bits per heavy atom. The summed E-state index contributed by atoms with van der Waals surface area (Å²) in [5.41, 5.74) is 0.899. The van der Waals surface area contributed by atoms with E-state index in [1.165, 1.54) is 0 Å². The summed E-state index contributed by atoms with van der Waals surface area (Å²) in [4.78, 5) is 0. The summed E-state index contributed by atoms with van der Waals surface area (Å²) < 4.78 is 29.8. The van der Waals surface area contributed by atoms with E-state index in [1.807, 2.05) is 23.5 Å². The zero-order valence-corrected chi connectivity index (χ0v) is 29.3. The normalized spacial score (nSPS) is 18.4. The molecule has 0 aromatic carbocycles. The highest BCUT2D eigenvalue weighted by molar-refractivity contribution is 7.99. The van der Waals surface area contributed by atoms with Crippen molar-refractivity contribution in [3.8, 4) is 0 Å². The zero-order chi connectivity index (χ0) is 28.1. The van der Waals surface area contributed by atoms with E-state index in [0.29, 0.717) is 50.7 Å². The number of thioether (sulfide) groups is 2. The third kappa shape index (κ3) is 15.1. The minimum Gasteiger partial charge on any atom is -0.454 e. The lowest BCUT2D eigenvalue weighted by atomic mass is 10.5. The molecule has 2 atom stereocenters. The van der Waals surface area contributed by atoms with Gasteiger partial charge in [0.05, 0.1) is 52.9 Å². The smallest absolute Gasteiger partial charge is 0.188 e. The molecule has 0 amide bonds. The van der Waals surface area contributed by atoms with Crippen LogP contribution in [0, 0.1) is 0 Å². The average molecular weight is 651 g/mol. The van der Waals surface area contributed by atoms with Gasteiger partial charge in [0.15, 0.2) is 16.6 Å². The fraction of sp³-hybridized carbons (Fsp3) is 0.714. The maximum Gasteiger partial charge on any atom is 0.188 e. The van der Waals surface area contributed by atoms with Gasteiger partial charge in [-0.15, -0.1) is 0 Å². The van der Waals surface area contributed by atoms with Crippen molar-refractivity contribution in [3.05, 3.63) is 48.6 Å². The maximum atomic E-state index is 7.50. The lowest BCUT2D eigenvalue weighted by Crippen LogP contribution is -2.52. The molecule has 0 aliphatic heterocycles. The van der Waals surface area contributed by atoms with Crippen LogP contribution < -0.4 is 0 Å². The van der Waals surface area contributed by atoms with Crippen LogP contribution in [0.5, 0.6) is 0 Å². The minimum absolute atomic E-state index is 0.449. The first kappa shape index (κ1) is 35.8. The fourth-order valence-corrected chi connectivity index (χ4v) is 19.0. The molecule has 0 fully saturated rings. The van der Waals surface area contributed by atoms with E-state index in [-0.39, 0.29) is 0 Å². The van der Waals surface area contributed by atoms with Gasteiger partial charge in [-0.3, -0.25) is 0 Å². The standard InChI is InChI=1S/C28H50O5S4Si2/c1-38(27-7-3-4-8-27,25-23-36-21-17-31-13-11-29-15-19-34)33-39(2,28-9-5-6-10-28)26-24-37-22-18-32-14-12-30-16-20-35/h3-10,27-28,34-35H,11-26H2,1-2H3. The van der Waals surface area contributed by atoms with Crippen LogP contribution in [0.1, 0.15) is 0 Å². The number of allylic oxidation sites excluding steroid dienone is 8. The fourth-order valence-electron chi connectivity index (χ4n) is 4.54. The number of rotatable bonds is 26. The minimum atomic E-state index is -2.03. The monoisotopic (exact) mass is 650 g/mol. The molecule has 2 unspecified atom stereocenters. The van der Waals surface area contributed by atoms with E-state index in [4.69, 9.17) is 23.1 Å². The number of hydrogen-bond acceptors (Lipinski definition) is 9. The van der Waals surface area contributed by atoms with Crippen LogP contribution in [0.2, 0.25) is 36.3 Å². The third-order valence-electron chi connectivity index (χ3n) is 6.82. The molecular formula is C28H50O5S4Si2. The lowest BCUT2D eigenvalue weighted by molar-refractivity contribution is 0.0606. The molecule has 0 saturated heterocycles. The van der Waals surface area contributed by atoms with Crippen molar-refractivity contribution in [3.63, 3.8) is 0 Å². The topological polar surface area (TPSA) is 46.2 Å². The van der Waals surface area contributed by atoms with Gasteiger partial charge in [0, 0.05) is 34.1 Å². The van der Waals surface area contributed by atoms with Crippen LogP contribution in [-0.4, -0.2) is 104 Å². The van der Waals surface area contributed by atoms with Gasteiger partial charge in [0.25, 0.3) is 0 Å². The Bertz CT molecular complexity index is 673. The molecule has 0 heterocycles. The molecule has 0 spiro atoms. The number of thiol groups is 2. The summed E-state index contributed by atoms with van der Waals surface area (Å²) >= 11 is 12.3. The molecule has 0 saturated carbocycles. The molecule has 39 heavy (non-hydrogen) atoms. The van der Waals surface area contributed by atoms with Crippen LogP contribution in [0.3, 0.4) is 0 Å². The lowest BCUT2D eigenvalue weighted by Gasteiger charge is -2.43. The molecule has 0 radical (unpaired) electrons. The predicted molar refractivity (Wildman–Crippen MR) is 184 cm³/mol. The molecule has 2 aliphatic rings. The maximum absolute atomic E-state index is 7.50. The van der Waals surface area contributed by atoms with Crippen molar-refractivity contribution in [1.82, 2.24) is 0 Å². The molecule has 5 nitrogen and oxygen atoms in total. The van der Waals surface area contributed by atoms with Crippen molar-refractivity contribution >= 4 is 65.4 Å². The summed E-state index contributed by atoms with van der Waals surface area (Å²) in [6.07, 6.45) is 18.3. The predicted octanol–water partition coefficient (Wildman–Crippen LogP) is 6.54. The van der Waals surface area contributed by atoms with Crippen molar-refractivity contribution in [1.29, 1.82) is 0 Å². The van der Waals surface area contributed by atoms with Crippen LogP contribution in [-0.2, 0) is 23.1 Å². The van der Waals surface area contributed by atoms with Crippen LogP contribution >= 0.6 is 48.8 Å². The zero-order valence-electron chi connectivity index (χ0n) is 23.8. The van der Waals surface area contributed by atoms with Gasteiger partial charge in [-0.2, -0.15) is 48.8 Å². The van der Waals surface area contributed by atoms with E-state index in [1.54, 1.807) is 0 Å². The second-order valence-corrected chi connectivity index (χ2v) is 21.7. The second-order valence-electron chi connectivity index (χ2n) is 9.94. The van der Waals surface area contributed by atoms with E-state index < -0.39 is 16.6 Å². The van der Waals surface area contributed by atoms with Gasteiger partial charge < -0.3 is 23.1 Å². The van der Waals surface area contributed by atoms with Crippen LogP contribution in [0.25, 0.3) is 0 Å². The van der Waals surface area contributed by atoms with Gasteiger partial charge in [0.2, 0.25) is 0 Å². The Kier molecular flexibility index (Phi) is 20.4. The Hall–Kier alpha value is 0.594. The second kappa shape index (κ2) is 22.2. The first-order chi connectivity index (χ1) is 19.0. The van der Waals surface area contributed by atoms with Crippen molar-refractivity contribution in [2.75, 3.05) is 87.4 Å². The Morgan fingerprint density at radius 3 is 1.26 bits per heavy atom. The van der Waals surface area contributed by atoms with Gasteiger partial charge in [-0.1, -0.05) is 48.6 Å². The first-order valence-corrected chi connectivity index (χ1v) is 23.1. The molecule has 11 heteroatoms. The number of hydrogen-bond donors (Lipinski definition) is 2. The Morgan fingerprint density at radius 2 is 0.897 bits per heavy atom. The summed E-state index contributed by atoms with van der Waals surface area (Å²) in [6.45, 7) is 10.5. The Balaban J connectivity index is 1.81. The van der Waals surface area contributed by atoms with Gasteiger partial charge in [0.1, 0.15) is 0 Å². The van der Waals surface area contributed by atoms with E-state index in [0.717, 1.165) is 59.8 Å². The molecular weight excluding hydrogens is 601 g/mol. The third-order valence-corrected chi connectivity index (χ3v) is 19.6. The summed E-state index contributed by atoms with van der Waals surface area (Å²) in [7, 11) is -4.06. The van der Waals surface area contributed by atoms with Gasteiger partial charge >= 0.3 is 0 Å². The summed E-state index contributed by atoms with van der Waals surface area (Å²) in [6, 6.07) is 2.31. The van der Waals surface area contributed by atoms with Crippen LogP contribution in [0.15, 0.2) is 48.6 Å². The largest absolute Gasteiger partial charge is 0.454 e. The molecule has 0 bridgehead atoms. The SMILES string of the molecule is C[Si](CCSCCOCCOCCS)(O[Si](C)(CCSCCOCCOCCS)C1C=CC=C1)C1C=CC=C1. The van der Waals surface area contributed by atoms with Gasteiger partial charge in [-0.05, 0) is 36.7 Å². The van der Waals surface area contributed by atoms with Crippen molar-refractivity contribution in [2.24, 2.45) is 0 Å². The molecule has 2 aliphatic carbocycles. The highest BCUT2D eigenvalue weighted by Crippen LogP contribution is 2.42. The van der Waals surface area contributed by atoms with Crippen molar-refractivity contribution < 1.29 is 23.1 Å². The first-order valence-electron chi connectivity index (χ1n) is 14.1. The van der Waals surface area contributed by atoms with Gasteiger partial charge in [-0.25, -0.2) is 0 Å². The molecule has 0 N–H and O–H groups in total. The molecule has 0 aromatic heterocycles. The quantitative estimate of drug-likeness (QED) is 0.0627. The summed E-state index contributed by atoms with van der Waals surface area (Å²) in [5.74, 6) is 5.76. The van der Waals surface area contributed by atoms with Crippen LogP contribution in [0.4, 0.5) is 0 Å². The highest BCUT2D eigenvalue weighted by Gasteiger charge is 2.46. The van der Waals surface area contributed by atoms with E-state index >= 15 is 0 Å². The highest BCUT2D eigenvalue weighted by atomic mass is 32.2. The molecule has 224 valence electrons. The van der Waals surface area contributed by atoms with E-state index in [2.05, 4.69) is 87.0 Å².